The van der Waals surface area contributed by atoms with E-state index in [4.69, 9.17) is 5.11 Å². The molecule has 0 aliphatic carbocycles. The van der Waals surface area contributed by atoms with Crippen molar-refractivity contribution >= 4 is 10.0 Å². The van der Waals surface area contributed by atoms with Gasteiger partial charge in [0.05, 0.1) is 10.5 Å². The third-order valence-electron chi connectivity index (χ3n) is 2.59. The van der Waals surface area contributed by atoms with Crippen molar-refractivity contribution in [2.45, 2.75) is 24.9 Å². The van der Waals surface area contributed by atoms with Crippen LogP contribution in [0.1, 0.15) is 19.4 Å². The fourth-order valence-electron chi connectivity index (χ4n) is 1.67. The number of benzene rings is 1. The molecule has 0 bridgehead atoms. The van der Waals surface area contributed by atoms with Gasteiger partial charge in [-0.1, -0.05) is 13.8 Å². The summed E-state index contributed by atoms with van der Waals surface area (Å²) in [6.07, 6.45) is -4.85. The Labute approximate surface area is 109 Å². The number of halogens is 3. The van der Waals surface area contributed by atoms with Gasteiger partial charge >= 0.3 is 6.18 Å². The van der Waals surface area contributed by atoms with E-state index < -0.39 is 32.4 Å². The minimum absolute atomic E-state index is 0.0665. The fourth-order valence-corrected chi connectivity index (χ4v) is 3.32. The van der Waals surface area contributed by atoms with Crippen LogP contribution in [0.4, 0.5) is 13.2 Å². The Hall–Kier alpha value is -1.28. The number of hydrogen-bond acceptors (Lipinski definition) is 3. The number of phenolic OH excluding ortho intramolecular Hbond substituents is 1. The summed E-state index contributed by atoms with van der Waals surface area (Å²) in [5.74, 6) is -0.633. The van der Waals surface area contributed by atoms with Crippen molar-refractivity contribution < 1.29 is 26.7 Å². The Bertz CT molecular complexity index is 551. The Morgan fingerprint density at radius 1 is 1.21 bits per heavy atom. The highest BCUT2D eigenvalue weighted by Gasteiger charge is 2.38. The van der Waals surface area contributed by atoms with E-state index in [0.29, 0.717) is 6.07 Å². The van der Waals surface area contributed by atoms with Crippen LogP contribution in [0.5, 0.6) is 5.75 Å². The van der Waals surface area contributed by atoms with Crippen LogP contribution in [0, 0.1) is 0 Å². The number of nitrogens with zero attached hydrogens (tertiary/aromatic N) is 1. The first-order valence-electron chi connectivity index (χ1n) is 5.55. The summed E-state index contributed by atoms with van der Waals surface area (Å²) < 4.78 is 63.7. The second-order valence-corrected chi connectivity index (χ2v) is 5.67. The predicted octanol–water partition coefficient (Wildman–Crippen LogP) is 2.44. The van der Waals surface area contributed by atoms with Crippen molar-refractivity contribution in [1.82, 2.24) is 4.31 Å². The van der Waals surface area contributed by atoms with E-state index >= 15 is 0 Å². The molecular formula is C11H14F3NO3S. The summed E-state index contributed by atoms with van der Waals surface area (Å²) in [6.45, 7) is 3.21. The fraction of sp³-hybridized carbons (Fsp3) is 0.455. The first kappa shape index (κ1) is 15.8. The van der Waals surface area contributed by atoms with E-state index in [1.54, 1.807) is 0 Å². The molecule has 8 heteroatoms. The summed E-state index contributed by atoms with van der Waals surface area (Å²) in [7, 11) is -4.23. The molecule has 0 amide bonds. The van der Waals surface area contributed by atoms with Gasteiger partial charge in [0, 0.05) is 13.1 Å². The first-order valence-corrected chi connectivity index (χ1v) is 6.99. The van der Waals surface area contributed by atoms with Gasteiger partial charge in [-0.25, -0.2) is 8.42 Å². The highest BCUT2D eigenvalue weighted by molar-refractivity contribution is 7.89. The second kappa shape index (κ2) is 5.38. The lowest BCUT2D eigenvalue weighted by molar-refractivity contribution is -0.140. The van der Waals surface area contributed by atoms with Crippen LogP contribution in [0.3, 0.4) is 0 Å². The lowest BCUT2D eigenvalue weighted by Gasteiger charge is -2.21. The molecule has 0 saturated heterocycles. The van der Waals surface area contributed by atoms with Crippen molar-refractivity contribution in [3.8, 4) is 5.75 Å². The lowest BCUT2D eigenvalue weighted by Crippen LogP contribution is -2.32. The molecule has 1 aromatic rings. The predicted molar refractivity (Wildman–Crippen MR) is 63.2 cm³/mol. The van der Waals surface area contributed by atoms with Crippen LogP contribution in [0.2, 0.25) is 0 Å². The molecule has 1 aromatic carbocycles. The number of alkyl halides is 3. The van der Waals surface area contributed by atoms with Crippen LogP contribution in [0.15, 0.2) is 23.1 Å². The standard InChI is InChI=1S/C11H14F3NO3S/c1-3-15(4-2)19(17,18)10-6-5-8(16)7-9(10)11(12,13)14/h5-7,16H,3-4H2,1-2H3. The third-order valence-corrected chi connectivity index (χ3v) is 4.70. The second-order valence-electron chi connectivity index (χ2n) is 3.77. The smallest absolute Gasteiger partial charge is 0.417 e. The SMILES string of the molecule is CCN(CC)S(=O)(=O)c1ccc(O)cc1C(F)(F)F. The van der Waals surface area contributed by atoms with Crippen molar-refractivity contribution in [3.05, 3.63) is 23.8 Å². The van der Waals surface area contributed by atoms with Gasteiger partial charge in [-0.2, -0.15) is 17.5 Å². The average Bonchev–Trinajstić information content (AvgIpc) is 2.28. The van der Waals surface area contributed by atoms with Gasteiger partial charge in [0.25, 0.3) is 0 Å². The molecule has 0 heterocycles. The molecule has 0 atom stereocenters. The molecular weight excluding hydrogens is 283 g/mol. The molecule has 0 saturated carbocycles. The van der Waals surface area contributed by atoms with E-state index in [9.17, 15) is 21.6 Å². The highest BCUT2D eigenvalue weighted by Crippen LogP contribution is 2.37. The van der Waals surface area contributed by atoms with Crippen molar-refractivity contribution in [2.75, 3.05) is 13.1 Å². The number of phenols is 1. The normalized spacial score (nSPS) is 12.9. The van der Waals surface area contributed by atoms with Crippen molar-refractivity contribution in [2.24, 2.45) is 0 Å². The van der Waals surface area contributed by atoms with Crippen LogP contribution in [0.25, 0.3) is 0 Å². The van der Waals surface area contributed by atoms with Gasteiger partial charge in [-0.05, 0) is 18.2 Å². The topological polar surface area (TPSA) is 57.6 Å². The molecule has 108 valence electrons. The molecule has 4 nitrogen and oxygen atoms in total. The maximum absolute atomic E-state index is 12.8. The van der Waals surface area contributed by atoms with E-state index in [1.807, 2.05) is 0 Å². The number of hydrogen-bond donors (Lipinski definition) is 1. The Morgan fingerprint density at radius 3 is 2.16 bits per heavy atom. The van der Waals surface area contributed by atoms with Crippen LogP contribution in [-0.2, 0) is 16.2 Å². The molecule has 1 N–H and O–H groups in total. The van der Waals surface area contributed by atoms with E-state index in [2.05, 4.69) is 0 Å². The Balaban J connectivity index is 3.51. The zero-order valence-corrected chi connectivity index (χ0v) is 11.2. The van der Waals surface area contributed by atoms with Gasteiger partial charge < -0.3 is 5.11 Å². The van der Waals surface area contributed by atoms with E-state index in [1.165, 1.54) is 13.8 Å². The van der Waals surface area contributed by atoms with Gasteiger partial charge in [-0.3, -0.25) is 0 Å². The maximum Gasteiger partial charge on any atom is 0.417 e. The lowest BCUT2D eigenvalue weighted by atomic mass is 10.2. The maximum atomic E-state index is 12.8. The van der Waals surface area contributed by atoms with Crippen LogP contribution >= 0.6 is 0 Å². The first-order chi connectivity index (χ1) is 8.64. The summed E-state index contributed by atoms with van der Waals surface area (Å²) >= 11 is 0. The average molecular weight is 297 g/mol. The molecule has 0 unspecified atom stereocenters. The molecule has 19 heavy (non-hydrogen) atoms. The summed E-state index contributed by atoms with van der Waals surface area (Å²) in [5, 5.41) is 9.11. The van der Waals surface area contributed by atoms with Gasteiger partial charge in [0.2, 0.25) is 10.0 Å². The summed E-state index contributed by atoms with van der Waals surface area (Å²) in [4.78, 5) is -0.846. The minimum Gasteiger partial charge on any atom is -0.508 e. The number of rotatable bonds is 4. The largest absolute Gasteiger partial charge is 0.508 e. The number of sulfonamides is 1. The molecule has 0 aliphatic heterocycles. The monoisotopic (exact) mass is 297 g/mol. The van der Waals surface area contributed by atoms with Crippen molar-refractivity contribution in [1.29, 1.82) is 0 Å². The summed E-state index contributed by atoms with van der Waals surface area (Å²) in [5.41, 5.74) is -1.36. The molecule has 0 radical (unpaired) electrons. The zero-order chi connectivity index (χ0) is 14.8. The molecule has 1 rings (SSSR count). The Morgan fingerprint density at radius 2 is 1.74 bits per heavy atom. The van der Waals surface area contributed by atoms with Crippen molar-refractivity contribution in [3.63, 3.8) is 0 Å². The highest BCUT2D eigenvalue weighted by atomic mass is 32.2. The van der Waals surface area contributed by atoms with Crippen LogP contribution < -0.4 is 0 Å². The Kier molecular flexibility index (Phi) is 4.46. The van der Waals surface area contributed by atoms with Gasteiger partial charge in [0.15, 0.2) is 0 Å². The minimum atomic E-state index is -4.85. The number of aromatic hydroxyl groups is 1. The van der Waals surface area contributed by atoms with E-state index in [-0.39, 0.29) is 13.1 Å². The molecule has 0 aromatic heterocycles. The van der Waals surface area contributed by atoms with E-state index in [0.717, 1.165) is 16.4 Å². The molecule has 0 spiro atoms. The van der Waals surface area contributed by atoms with Crippen LogP contribution in [-0.4, -0.2) is 30.9 Å². The molecule has 0 aliphatic rings. The van der Waals surface area contributed by atoms with Gasteiger partial charge in [0.1, 0.15) is 5.75 Å². The zero-order valence-electron chi connectivity index (χ0n) is 10.4. The third kappa shape index (κ3) is 3.19. The van der Waals surface area contributed by atoms with Gasteiger partial charge in [-0.15, -0.1) is 0 Å². The quantitative estimate of drug-likeness (QED) is 0.928. The molecule has 0 fully saturated rings. The summed E-state index contributed by atoms with van der Waals surface area (Å²) in [6, 6.07) is 2.10.